The van der Waals surface area contributed by atoms with Crippen LogP contribution in [0.15, 0.2) is 0 Å². The molecule has 0 aliphatic carbocycles. The molecule has 1 amide bonds. The van der Waals surface area contributed by atoms with Gasteiger partial charge in [0.25, 0.3) is 0 Å². The smallest absolute Gasteiger partial charge is 0.220 e. The zero-order valence-corrected chi connectivity index (χ0v) is 6.84. The molecule has 0 aromatic rings. The van der Waals surface area contributed by atoms with E-state index in [2.05, 4.69) is 0 Å². The molecule has 0 radical (unpaired) electrons. The van der Waals surface area contributed by atoms with Crippen LogP contribution in [-0.2, 0) is 4.79 Å². The Morgan fingerprint density at radius 1 is 1.73 bits per heavy atom. The average Bonchev–Trinajstić information content (AvgIpc) is 1.97. The summed E-state index contributed by atoms with van der Waals surface area (Å²) in [5, 5.41) is 8.22. The van der Waals surface area contributed by atoms with Crippen LogP contribution in [0.4, 0.5) is 0 Å². The maximum Gasteiger partial charge on any atom is 0.220 e. The summed E-state index contributed by atoms with van der Waals surface area (Å²) in [5.41, 5.74) is 7.14. The quantitative estimate of drug-likeness (QED) is 0.385. The molecule has 0 saturated carbocycles. The summed E-state index contributed by atoms with van der Waals surface area (Å²) in [4.78, 5) is 10.7. The second-order valence-corrected chi connectivity index (χ2v) is 2.56. The molecular formula is C7H16N2O2. The molecule has 4 heteroatoms. The first kappa shape index (κ1) is 10.4. The second-order valence-electron chi connectivity index (χ2n) is 2.56. The van der Waals surface area contributed by atoms with Crippen molar-refractivity contribution in [3.63, 3.8) is 0 Å². The molecule has 1 unspecified atom stereocenters. The highest BCUT2D eigenvalue weighted by molar-refractivity contribution is 5.76. The highest BCUT2D eigenvalue weighted by atomic mass is 16.5. The van der Waals surface area contributed by atoms with E-state index < -0.39 is 0 Å². The zero-order chi connectivity index (χ0) is 8.69. The van der Waals surface area contributed by atoms with Gasteiger partial charge in [0.2, 0.25) is 5.91 Å². The Bertz CT molecular complexity index is 117. The predicted octanol–water partition coefficient (Wildman–Crippen LogP) is 0.257. The monoisotopic (exact) mass is 160 g/mol. The van der Waals surface area contributed by atoms with Crippen molar-refractivity contribution in [1.82, 2.24) is 5.48 Å². The van der Waals surface area contributed by atoms with Crippen LogP contribution in [0.3, 0.4) is 0 Å². The van der Waals surface area contributed by atoms with E-state index in [1.807, 2.05) is 12.4 Å². The lowest BCUT2D eigenvalue weighted by molar-refractivity contribution is -0.122. The lowest BCUT2D eigenvalue weighted by atomic mass is 10.00. The third-order valence-electron chi connectivity index (χ3n) is 1.74. The van der Waals surface area contributed by atoms with Gasteiger partial charge in [-0.05, 0) is 19.3 Å². The summed E-state index contributed by atoms with van der Waals surface area (Å²) < 4.78 is 0. The van der Waals surface area contributed by atoms with Crippen molar-refractivity contribution in [2.24, 2.45) is 11.7 Å². The van der Waals surface area contributed by atoms with Gasteiger partial charge in [-0.25, -0.2) is 5.48 Å². The zero-order valence-electron chi connectivity index (χ0n) is 6.84. The van der Waals surface area contributed by atoms with E-state index in [4.69, 9.17) is 10.9 Å². The minimum Gasteiger partial charge on any atom is -0.369 e. The van der Waals surface area contributed by atoms with Crippen LogP contribution in [-0.4, -0.2) is 17.7 Å². The number of carbonyl (C=O) groups is 1. The molecule has 4 nitrogen and oxygen atoms in total. The number of hydrogen-bond acceptors (Lipinski definition) is 3. The minimum atomic E-state index is -0.245. The molecule has 0 heterocycles. The molecule has 0 aliphatic rings. The number of rotatable bonds is 6. The van der Waals surface area contributed by atoms with Gasteiger partial charge in [-0.3, -0.25) is 4.79 Å². The van der Waals surface area contributed by atoms with Gasteiger partial charge in [0.05, 0.1) is 0 Å². The molecule has 4 N–H and O–H groups in total. The SMILES string of the molecule is CCC(CCCNO)C(N)=O. The Hall–Kier alpha value is -0.610. The fraction of sp³-hybridized carbons (Fsp3) is 0.857. The van der Waals surface area contributed by atoms with E-state index in [0.717, 1.165) is 19.3 Å². The van der Waals surface area contributed by atoms with Gasteiger partial charge >= 0.3 is 0 Å². The fourth-order valence-electron chi connectivity index (χ4n) is 0.975. The Kier molecular flexibility index (Phi) is 5.78. The summed E-state index contributed by atoms with van der Waals surface area (Å²) in [7, 11) is 0. The molecule has 0 saturated heterocycles. The first-order valence-electron chi connectivity index (χ1n) is 3.88. The van der Waals surface area contributed by atoms with Gasteiger partial charge in [-0.1, -0.05) is 6.92 Å². The third kappa shape index (κ3) is 4.75. The van der Waals surface area contributed by atoms with Crippen molar-refractivity contribution < 1.29 is 10.0 Å². The minimum absolute atomic E-state index is 0.0386. The summed E-state index contributed by atoms with van der Waals surface area (Å²) in [5.74, 6) is -0.284. The van der Waals surface area contributed by atoms with E-state index in [1.54, 1.807) is 0 Å². The highest BCUT2D eigenvalue weighted by Gasteiger charge is 2.11. The highest BCUT2D eigenvalue weighted by Crippen LogP contribution is 2.08. The van der Waals surface area contributed by atoms with E-state index in [0.29, 0.717) is 6.54 Å². The van der Waals surface area contributed by atoms with E-state index in [-0.39, 0.29) is 11.8 Å². The summed E-state index contributed by atoms with van der Waals surface area (Å²) in [6, 6.07) is 0. The standard InChI is InChI=1S/C7H16N2O2/c1-2-6(7(8)10)4-3-5-9-11/h6,9,11H,2-5H2,1H3,(H2,8,10). The van der Waals surface area contributed by atoms with E-state index >= 15 is 0 Å². The first-order chi connectivity index (χ1) is 5.22. The van der Waals surface area contributed by atoms with Crippen LogP contribution in [0.2, 0.25) is 0 Å². The first-order valence-corrected chi connectivity index (χ1v) is 3.88. The summed E-state index contributed by atoms with van der Waals surface area (Å²) in [6.45, 7) is 2.45. The number of amides is 1. The van der Waals surface area contributed by atoms with E-state index in [1.165, 1.54) is 0 Å². The Labute approximate surface area is 66.7 Å². The number of hydrogen-bond donors (Lipinski definition) is 3. The van der Waals surface area contributed by atoms with Crippen molar-refractivity contribution in [3.05, 3.63) is 0 Å². The van der Waals surface area contributed by atoms with Gasteiger partial charge in [0, 0.05) is 12.5 Å². The lowest BCUT2D eigenvalue weighted by Gasteiger charge is -2.08. The molecule has 0 aromatic heterocycles. The van der Waals surface area contributed by atoms with Crippen LogP contribution < -0.4 is 11.2 Å². The Morgan fingerprint density at radius 3 is 2.73 bits per heavy atom. The van der Waals surface area contributed by atoms with Gasteiger partial charge in [-0.15, -0.1) is 0 Å². The van der Waals surface area contributed by atoms with Crippen LogP contribution in [0.5, 0.6) is 0 Å². The van der Waals surface area contributed by atoms with E-state index in [9.17, 15) is 4.79 Å². The van der Waals surface area contributed by atoms with Crippen LogP contribution in [0, 0.1) is 5.92 Å². The molecule has 0 aliphatic heterocycles. The predicted molar refractivity (Wildman–Crippen MR) is 42.0 cm³/mol. The number of hydroxylamine groups is 1. The molecule has 1 atom stereocenters. The molecule has 0 rings (SSSR count). The van der Waals surface area contributed by atoms with Crippen LogP contribution in [0.25, 0.3) is 0 Å². The maximum absolute atomic E-state index is 10.7. The molecule has 0 fully saturated rings. The Balaban J connectivity index is 3.44. The normalized spacial score (nSPS) is 12.9. The fourth-order valence-corrected chi connectivity index (χ4v) is 0.975. The van der Waals surface area contributed by atoms with Crippen LogP contribution >= 0.6 is 0 Å². The molecule has 11 heavy (non-hydrogen) atoms. The van der Waals surface area contributed by atoms with Gasteiger partial charge < -0.3 is 10.9 Å². The van der Waals surface area contributed by atoms with Gasteiger partial charge in [-0.2, -0.15) is 0 Å². The molecule has 66 valence electrons. The molecule has 0 bridgehead atoms. The topological polar surface area (TPSA) is 75.3 Å². The number of nitrogens with two attached hydrogens (primary N) is 1. The van der Waals surface area contributed by atoms with Crippen LogP contribution in [0.1, 0.15) is 26.2 Å². The van der Waals surface area contributed by atoms with Crippen molar-refractivity contribution in [3.8, 4) is 0 Å². The number of primary amides is 1. The Morgan fingerprint density at radius 2 is 2.36 bits per heavy atom. The summed E-state index contributed by atoms with van der Waals surface area (Å²) >= 11 is 0. The molecule has 0 aromatic carbocycles. The number of nitrogens with one attached hydrogen (secondary N) is 1. The van der Waals surface area contributed by atoms with Gasteiger partial charge in [0.1, 0.15) is 0 Å². The largest absolute Gasteiger partial charge is 0.369 e. The molecule has 0 spiro atoms. The van der Waals surface area contributed by atoms with Gasteiger partial charge in [0.15, 0.2) is 0 Å². The lowest BCUT2D eigenvalue weighted by Crippen LogP contribution is -2.23. The van der Waals surface area contributed by atoms with Crippen molar-refractivity contribution >= 4 is 5.91 Å². The average molecular weight is 160 g/mol. The third-order valence-corrected chi connectivity index (χ3v) is 1.74. The second kappa shape index (κ2) is 6.12. The summed E-state index contributed by atoms with van der Waals surface area (Å²) in [6.07, 6.45) is 2.30. The van der Waals surface area contributed by atoms with Crippen molar-refractivity contribution in [1.29, 1.82) is 0 Å². The maximum atomic E-state index is 10.7. The molecular weight excluding hydrogens is 144 g/mol. The van der Waals surface area contributed by atoms with Crippen molar-refractivity contribution in [2.75, 3.05) is 6.54 Å². The van der Waals surface area contributed by atoms with Crippen molar-refractivity contribution in [2.45, 2.75) is 26.2 Å². The number of carbonyl (C=O) groups excluding carboxylic acids is 1.